The standard InChI is InChI=1S/C50H37N3S/c1-31-14-8-9-22-39-48(31)51-50(52-49(39)33-17-6-3-7-18-33)34-24-26-35(27-25-34)53-43-30-46-41(37-20-12-13-23-45(37)54-46)28-42(43)47-38-21-11-10-19-36(38)40(29-44(47)53)32-15-4-2-5-16-32/h2-13,15-31,48-49H,14H2,1H3,(H,51,52). The summed E-state index contributed by atoms with van der Waals surface area (Å²) in [5.41, 5.74) is 9.74. The molecule has 11 rings (SSSR count). The van der Waals surface area contributed by atoms with Gasteiger partial charge in [-0.2, -0.15) is 0 Å². The minimum absolute atomic E-state index is 0.0688. The quantitative estimate of drug-likeness (QED) is 0.193. The summed E-state index contributed by atoms with van der Waals surface area (Å²) in [5.74, 6) is 1.37. The maximum atomic E-state index is 5.41. The molecular weight excluding hydrogens is 675 g/mol. The number of amidine groups is 1. The van der Waals surface area contributed by atoms with Crippen molar-refractivity contribution >= 4 is 69.9 Å². The van der Waals surface area contributed by atoms with Crippen molar-refractivity contribution < 1.29 is 0 Å². The summed E-state index contributed by atoms with van der Waals surface area (Å²) in [6.07, 6.45) is 7.80. The van der Waals surface area contributed by atoms with Crippen molar-refractivity contribution in [2.45, 2.75) is 25.4 Å². The van der Waals surface area contributed by atoms with Crippen LogP contribution in [0.5, 0.6) is 0 Å². The smallest absolute Gasteiger partial charge is 0.129 e. The molecule has 9 aromatic rings. The van der Waals surface area contributed by atoms with Crippen LogP contribution in [0.4, 0.5) is 0 Å². The summed E-state index contributed by atoms with van der Waals surface area (Å²) in [6.45, 7) is 2.33. The first-order valence-corrected chi connectivity index (χ1v) is 19.7. The van der Waals surface area contributed by atoms with Crippen molar-refractivity contribution in [1.82, 2.24) is 9.88 Å². The number of aliphatic imine (C=N–C) groups is 1. The summed E-state index contributed by atoms with van der Waals surface area (Å²) in [6, 6.07) is 55.9. The van der Waals surface area contributed by atoms with Gasteiger partial charge in [0.05, 0.1) is 23.1 Å². The molecular formula is C50H37N3S. The third-order valence-corrected chi connectivity index (χ3v) is 12.7. The van der Waals surface area contributed by atoms with E-state index in [-0.39, 0.29) is 12.1 Å². The lowest BCUT2D eigenvalue weighted by Gasteiger charge is -2.35. The lowest BCUT2D eigenvalue weighted by atomic mass is 9.84. The Morgan fingerprint density at radius 2 is 1.35 bits per heavy atom. The van der Waals surface area contributed by atoms with Crippen molar-refractivity contribution in [3.8, 4) is 16.8 Å². The van der Waals surface area contributed by atoms with Crippen LogP contribution in [-0.4, -0.2) is 16.4 Å². The fraction of sp³-hybridized carbons (Fsp3) is 0.100. The van der Waals surface area contributed by atoms with Crippen LogP contribution < -0.4 is 5.32 Å². The molecule has 2 aromatic heterocycles. The second-order valence-electron chi connectivity index (χ2n) is 14.8. The topological polar surface area (TPSA) is 29.3 Å². The molecule has 0 bridgehead atoms. The fourth-order valence-electron chi connectivity index (χ4n) is 8.97. The monoisotopic (exact) mass is 711 g/mol. The van der Waals surface area contributed by atoms with E-state index >= 15 is 0 Å². The SMILES string of the molecule is CC1CC=CC=C2C(c3ccccc3)NC(c3ccc(-n4c5cc6sc7ccccc7c6cc5c5c6ccccc6c(-c6ccccc6)cc54)cc3)=NC21. The van der Waals surface area contributed by atoms with E-state index < -0.39 is 0 Å². The van der Waals surface area contributed by atoms with Crippen molar-refractivity contribution in [3.63, 3.8) is 0 Å². The van der Waals surface area contributed by atoms with E-state index in [1.807, 2.05) is 11.3 Å². The number of benzene rings is 7. The van der Waals surface area contributed by atoms with E-state index in [9.17, 15) is 0 Å². The molecule has 4 heteroatoms. The Morgan fingerprint density at radius 1 is 0.630 bits per heavy atom. The minimum atomic E-state index is 0.0688. The first-order chi connectivity index (χ1) is 26.7. The lowest BCUT2D eigenvalue weighted by molar-refractivity contribution is 0.467. The Labute approximate surface area is 318 Å². The van der Waals surface area contributed by atoms with Crippen LogP contribution in [0.25, 0.3) is 69.6 Å². The minimum Gasteiger partial charge on any atom is -0.359 e. The van der Waals surface area contributed by atoms with Gasteiger partial charge >= 0.3 is 0 Å². The van der Waals surface area contributed by atoms with Gasteiger partial charge in [0.25, 0.3) is 0 Å². The van der Waals surface area contributed by atoms with Crippen LogP contribution in [0.2, 0.25) is 0 Å². The number of nitrogens with zero attached hydrogens (tertiary/aromatic N) is 2. The number of rotatable bonds is 4. The van der Waals surface area contributed by atoms with Crippen LogP contribution in [0.1, 0.15) is 30.5 Å². The van der Waals surface area contributed by atoms with Crippen LogP contribution >= 0.6 is 11.3 Å². The van der Waals surface area contributed by atoms with Gasteiger partial charge in [0.15, 0.2) is 0 Å². The first-order valence-electron chi connectivity index (χ1n) is 18.9. The number of thiophene rings is 1. The highest BCUT2D eigenvalue weighted by atomic mass is 32.1. The van der Waals surface area contributed by atoms with E-state index in [1.54, 1.807) is 0 Å². The van der Waals surface area contributed by atoms with Crippen LogP contribution in [0, 0.1) is 5.92 Å². The van der Waals surface area contributed by atoms with Crippen LogP contribution in [0.3, 0.4) is 0 Å². The van der Waals surface area contributed by atoms with Crippen molar-refractivity contribution in [2.24, 2.45) is 10.9 Å². The van der Waals surface area contributed by atoms with Gasteiger partial charge in [-0.1, -0.05) is 128 Å². The number of allylic oxidation sites excluding steroid dienone is 3. The Hall–Kier alpha value is -6.23. The van der Waals surface area contributed by atoms with Gasteiger partial charge in [-0.05, 0) is 93.9 Å². The number of fused-ring (bicyclic) bond motifs is 9. The third kappa shape index (κ3) is 4.90. The van der Waals surface area contributed by atoms with E-state index in [2.05, 4.69) is 187 Å². The zero-order chi connectivity index (χ0) is 35.8. The van der Waals surface area contributed by atoms with E-state index in [4.69, 9.17) is 4.99 Å². The molecule has 3 unspecified atom stereocenters. The number of hydrogen-bond donors (Lipinski definition) is 1. The predicted molar refractivity (Wildman–Crippen MR) is 230 cm³/mol. The van der Waals surface area contributed by atoms with Gasteiger partial charge < -0.3 is 9.88 Å². The molecule has 3 nitrogen and oxygen atoms in total. The molecule has 1 N–H and O–H groups in total. The molecule has 7 aromatic carbocycles. The van der Waals surface area contributed by atoms with Crippen molar-refractivity contribution in [2.75, 3.05) is 0 Å². The second-order valence-corrected chi connectivity index (χ2v) is 15.9. The van der Waals surface area contributed by atoms with Gasteiger partial charge in [-0.3, -0.25) is 4.99 Å². The number of aromatic nitrogens is 1. The average Bonchev–Trinajstić information content (AvgIpc) is 3.69. The predicted octanol–water partition coefficient (Wildman–Crippen LogP) is 13.0. The Bertz CT molecular complexity index is 3000. The first kappa shape index (κ1) is 31.3. The maximum Gasteiger partial charge on any atom is 0.129 e. The summed E-state index contributed by atoms with van der Waals surface area (Å²) in [5, 5.41) is 11.6. The molecule has 3 heterocycles. The highest BCUT2D eigenvalue weighted by Gasteiger charge is 2.33. The van der Waals surface area contributed by atoms with Crippen molar-refractivity contribution in [1.29, 1.82) is 0 Å². The second kappa shape index (κ2) is 12.4. The summed E-state index contributed by atoms with van der Waals surface area (Å²) in [4.78, 5) is 5.41. The molecule has 54 heavy (non-hydrogen) atoms. The molecule has 0 saturated carbocycles. The summed E-state index contributed by atoms with van der Waals surface area (Å²) >= 11 is 1.88. The number of hydrogen-bond acceptors (Lipinski definition) is 3. The number of nitrogens with one attached hydrogen (secondary N) is 1. The zero-order valence-electron chi connectivity index (χ0n) is 29.9. The fourth-order valence-corrected chi connectivity index (χ4v) is 10.1. The van der Waals surface area contributed by atoms with Gasteiger partial charge in [-0.25, -0.2) is 0 Å². The van der Waals surface area contributed by atoms with Crippen LogP contribution in [0.15, 0.2) is 180 Å². The Kier molecular flexibility index (Phi) is 7.21. The Morgan fingerprint density at radius 3 is 2.17 bits per heavy atom. The highest BCUT2D eigenvalue weighted by Crippen LogP contribution is 2.45. The summed E-state index contributed by atoms with van der Waals surface area (Å²) < 4.78 is 5.11. The van der Waals surface area contributed by atoms with Gasteiger partial charge in [0.2, 0.25) is 0 Å². The molecule has 0 spiro atoms. The Balaban J connectivity index is 1.13. The zero-order valence-corrected chi connectivity index (χ0v) is 30.7. The van der Waals surface area contributed by atoms with E-state index in [1.165, 1.54) is 75.0 Å². The maximum absolute atomic E-state index is 5.41. The molecule has 0 fully saturated rings. The van der Waals surface area contributed by atoms with Crippen LogP contribution in [-0.2, 0) is 0 Å². The normalized spacial score (nSPS) is 18.5. The molecule has 258 valence electrons. The average molecular weight is 712 g/mol. The van der Waals surface area contributed by atoms with E-state index in [0.29, 0.717) is 5.92 Å². The molecule has 2 aliphatic rings. The third-order valence-electron chi connectivity index (χ3n) is 11.6. The molecule has 0 amide bonds. The van der Waals surface area contributed by atoms with Gasteiger partial charge in [0, 0.05) is 42.2 Å². The molecule has 0 radical (unpaired) electrons. The van der Waals surface area contributed by atoms with Crippen molar-refractivity contribution in [3.05, 3.63) is 187 Å². The van der Waals surface area contributed by atoms with Gasteiger partial charge in [-0.15, -0.1) is 11.3 Å². The largest absolute Gasteiger partial charge is 0.359 e. The van der Waals surface area contributed by atoms with E-state index in [0.717, 1.165) is 23.5 Å². The summed E-state index contributed by atoms with van der Waals surface area (Å²) in [7, 11) is 0. The highest BCUT2D eigenvalue weighted by molar-refractivity contribution is 7.25. The lowest BCUT2D eigenvalue weighted by Crippen LogP contribution is -2.41. The molecule has 0 saturated heterocycles. The molecule has 1 aliphatic heterocycles. The molecule has 3 atom stereocenters. The van der Waals surface area contributed by atoms with Gasteiger partial charge in [0.1, 0.15) is 5.84 Å². The molecule has 1 aliphatic carbocycles.